The number of alkyl halides is 3. The number of rotatable bonds is 4. The lowest BCUT2D eigenvalue weighted by Gasteiger charge is -2.27. The zero-order valence-electron chi connectivity index (χ0n) is 14.5. The maximum absolute atomic E-state index is 13.2. The molecule has 1 aliphatic heterocycles. The van der Waals surface area contributed by atoms with Crippen LogP contribution < -0.4 is 4.74 Å². The molecule has 11 heteroatoms. The van der Waals surface area contributed by atoms with Crippen LogP contribution in [0, 0.1) is 0 Å². The van der Waals surface area contributed by atoms with Crippen molar-refractivity contribution in [3.8, 4) is 11.6 Å². The van der Waals surface area contributed by atoms with Gasteiger partial charge in [-0.25, -0.2) is 0 Å². The number of fused-ring (bicyclic) bond motifs is 1. The quantitative estimate of drug-likeness (QED) is 0.653. The molecule has 1 fully saturated rings. The third-order valence-corrected chi connectivity index (χ3v) is 4.54. The molecule has 0 spiro atoms. The first kappa shape index (κ1) is 18.9. The summed E-state index contributed by atoms with van der Waals surface area (Å²) in [4.78, 5) is 2.09. The molecule has 0 unspecified atom stereocenters. The number of benzene rings is 1. The maximum Gasteiger partial charge on any atom is 0.416 e. The second kappa shape index (κ2) is 7.53. The lowest BCUT2D eigenvalue weighted by Crippen LogP contribution is -2.35. The second-order valence-corrected chi connectivity index (χ2v) is 6.56. The normalized spacial score (nSPS) is 15.9. The predicted octanol–water partition coefficient (Wildman–Crippen LogP) is 3.42. The van der Waals surface area contributed by atoms with Crippen LogP contribution in [-0.2, 0) is 17.5 Å². The Morgan fingerprint density at radius 2 is 1.89 bits per heavy atom. The summed E-state index contributed by atoms with van der Waals surface area (Å²) >= 11 is 5.90. The molecule has 0 atom stereocenters. The van der Waals surface area contributed by atoms with Crippen LogP contribution in [0.25, 0.3) is 5.65 Å². The Kier molecular flexibility index (Phi) is 5.09. The Bertz CT molecular complexity index is 989. The van der Waals surface area contributed by atoms with Crippen molar-refractivity contribution in [2.75, 3.05) is 26.3 Å². The van der Waals surface area contributed by atoms with Gasteiger partial charge in [-0.1, -0.05) is 6.07 Å². The van der Waals surface area contributed by atoms with E-state index < -0.39 is 11.7 Å². The second-order valence-electron chi connectivity index (χ2n) is 6.22. The van der Waals surface area contributed by atoms with Crippen molar-refractivity contribution in [2.45, 2.75) is 12.7 Å². The molecule has 0 saturated carbocycles. The van der Waals surface area contributed by atoms with Crippen molar-refractivity contribution in [2.24, 2.45) is 0 Å². The average molecular weight is 414 g/mol. The van der Waals surface area contributed by atoms with Gasteiger partial charge >= 0.3 is 6.18 Å². The van der Waals surface area contributed by atoms with E-state index in [9.17, 15) is 13.2 Å². The molecule has 1 aliphatic rings. The molecule has 0 aliphatic carbocycles. The van der Waals surface area contributed by atoms with Crippen LogP contribution in [0.5, 0.6) is 11.6 Å². The molecule has 0 amide bonds. The van der Waals surface area contributed by atoms with Crippen molar-refractivity contribution >= 4 is 17.2 Å². The summed E-state index contributed by atoms with van der Waals surface area (Å²) in [5.74, 6) is 0.161. The van der Waals surface area contributed by atoms with Gasteiger partial charge < -0.3 is 9.47 Å². The van der Waals surface area contributed by atoms with Gasteiger partial charge in [0.05, 0.1) is 18.8 Å². The van der Waals surface area contributed by atoms with E-state index in [0.717, 1.165) is 12.1 Å². The van der Waals surface area contributed by atoms with Crippen LogP contribution in [0.2, 0.25) is 5.28 Å². The zero-order valence-corrected chi connectivity index (χ0v) is 15.2. The van der Waals surface area contributed by atoms with Crippen molar-refractivity contribution in [3.05, 3.63) is 46.7 Å². The summed E-state index contributed by atoms with van der Waals surface area (Å²) in [6, 6.07) is 6.53. The summed E-state index contributed by atoms with van der Waals surface area (Å²) < 4.78 is 51.8. The van der Waals surface area contributed by atoms with E-state index in [1.54, 1.807) is 6.07 Å². The highest BCUT2D eigenvalue weighted by atomic mass is 35.5. The lowest BCUT2D eigenvalue weighted by atomic mass is 10.1. The van der Waals surface area contributed by atoms with Crippen molar-refractivity contribution in [3.63, 3.8) is 0 Å². The number of aromatic nitrogens is 4. The van der Waals surface area contributed by atoms with Gasteiger partial charge in [0.1, 0.15) is 5.75 Å². The largest absolute Gasteiger partial charge is 0.437 e. The molecule has 1 aromatic carbocycles. The fraction of sp³-hybridized carbons (Fsp3) is 0.353. The summed E-state index contributed by atoms with van der Waals surface area (Å²) in [7, 11) is 0. The Balaban J connectivity index is 1.67. The molecule has 0 radical (unpaired) electrons. The zero-order chi connectivity index (χ0) is 19.7. The van der Waals surface area contributed by atoms with E-state index in [4.69, 9.17) is 21.1 Å². The van der Waals surface area contributed by atoms with E-state index >= 15 is 0 Å². The molecule has 3 heterocycles. The van der Waals surface area contributed by atoms with Crippen LogP contribution in [0.3, 0.4) is 0 Å². The molecule has 3 aromatic rings. The average Bonchev–Trinajstić information content (AvgIpc) is 3.04. The summed E-state index contributed by atoms with van der Waals surface area (Å²) in [5.41, 5.74) is 0.221. The Morgan fingerprint density at radius 1 is 1.11 bits per heavy atom. The molecule has 0 N–H and O–H groups in total. The van der Waals surface area contributed by atoms with Crippen molar-refractivity contribution < 1.29 is 22.6 Å². The smallest absolute Gasteiger partial charge is 0.416 e. The number of hydrogen-bond donors (Lipinski definition) is 0. The van der Waals surface area contributed by atoms with Crippen LogP contribution in [0.1, 0.15) is 11.1 Å². The number of nitrogens with zero attached hydrogens (tertiary/aromatic N) is 5. The summed E-state index contributed by atoms with van der Waals surface area (Å²) in [6.45, 7) is 3.00. The summed E-state index contributed by atoms with van der Waals surface area (Å²) in [5, 5.41) is 11.6. The third kappa shape index (κ3) is 4.03. The fourth-order valence-corrected chi connectivity index (χ4v) is 3.03. The van der Waals surface area contributed by atoms with Gasteiger partial charge in [0, 0.05) is 31.3 Å². The topological polar surface area (TPSA) is 64.8 Å². The molecule has 7 nitrogen and oxygen atoms in total. The third-order valence-electron chi connectivity index (χ3n) is 4.31. The van der Waals surface area contributed by atoms with E-state index in [2.05, 4.69) is 20.2 Å². The maximum atomic E-state index is 13.2. The molecule has 1 saturated heterocycles. The van der Waals surface area contributed by atoms with Gasteiger partial charge in [-0.15, -0.1) is 15.3 Å². The van der Waals surface area contributed by atoms with Gasteiger partial charge in [0.2, 0.25) is 11.2 Å². The molecule has 4 rings (SSSR count). The number of morpholine rings is 1. The number of halogens is 4. The fourth-order valence-electron chi connectivity index (χ4n) is 2.87. The first-order chi connectivity index (χ1) is 13.4. The van der Waals surface area contributed by atoms with Gasteiger partial charge in [0.15, 0.2) is 5.65 Å². The molecule has 28 heavy (non-hydrogen) atoms. The van der Waals surface area contributed by atoms with Crippen LogP contribution in [-0.4, -0.2) is 51.0 Å². The first-order valence-corrected chi connectivity index (χ1v) is 8.84. The standard InChI is InChI=1S/C17H15ClF3N5O2/c18-16-23-22-14-3-4-15(24-26(14)16)28-13-9-12(17(19,20)21)2-1-11(13)10-25-5-7-27-8-6-25/h1-4,9H,5-8,10H2. The predicted molar refractivity (Wildman–Crippen MR) is 93.4 cm³/mol. The Hall–Kier alpha value is -2.43. The molecular formula is C17H15ClF3N5O2. The van der Waals surface area contributed by atoms with Crippen molar-refractivity contribution in [1.29, 1.82) is 0 Å². The minimum atomic E-state index is -4.48. The minimum Gasteiger partial charge on any atom is -0.437 e. The van der Waals surface area contributed by atoms with E-state index in [-0.39, 0.29) is 16.9 Å². The molecule has 0 bridgehead atoms. The van der Waals surface area contributed by atoms with Crippen LogP contribution in [0.4, 0.5) is 13.2 Å². The van der Waals surface area contributed by atoms with Crippen molar-refractivity contribution in [1.82, 2.24) is 24.7 Å². The number of ether oxygens (including phenoxy) is 2. The molecule has 148 valence electrons. The van der Waals surface area contributed by atoms with E-state index in [0.29, 0.717) is 44.1 Å². The van der Waals surface area contributed by atoms with E-state index in [1.807, 2.05) is 0 Å². The molecule has 2 aromatic heterocycles. The van der Waals surface area contributed by atoms with Gasteiger partial charge in [-0.05, 0) is 29.8 Å². The summed E-state index contributed by atoms with van der Waals surface area (Å²) in [6.07, 6.45) is -4.48. The Labute approximate surface area is 162 Å². The first-order valence-electron chi connectivity index (χ1n) is 8.46. The van der Waals surface area contributed by atoms with Gasteiger partial charge in [0.25, 0.3) is 0 Å². The van der Waals surface area contributed by atoms with Crippen LogP contribution in [0.15, 0.2) is 30.3 Å². The number of hydrogen-bond acceptors (Lipinski definition) is 6. The minimum absolute atomic E-state index is 0.0260. The van der Waals surface area contributed by atoms with Crippen LogP contribution >= 0.6 is 11.6 Å². The lowest BCUT2D eigenvalue weighted by molar-refractivity contribution is -0.137. The Morgan fingerprint density at radius 3 is 2.64 bits per heavy atom. The van der Waals surface area contributed by atoms with Gasteiger partial charge in [-0.3, -0.25) is 4.90 Å². The van der Waals surface area contributed by atoms with E-state index in [1.165, 1.54) is 16.6 Å². The SMILES string of the molecule is FC(F)(F)c1ccc(CN2CCOCC2)c(Oc2ccc3nnc(Cl)n3n2)c1. The monoisotopic (exact) mass is 413 g/mol. The van der Waals surface area contributed by atoms with Gasteiger partial charge in [-0.2, -0.15) is 17.7 Å². The highest BCUT2D eigenvalue weighted by Gasteiger charge is 2.31. The highest BCUT2D eigenvalue weighted by molar-refractivity contribution is 6.28. The highest BCUT2D eigenvalue weighted by Crippen LogP contribution is 2.35. The molecular weight excluding hydrogens is 399 g/mol.